The average Bonchev–Trinajstić information content (AvgIpc) is 2.53. The molecule has 134 valence electrons. The number of nitrogens with zero attached hydrogens (tertiary/aromatic N) is 3. The highest BCUT2D eigenvalue weighted by atomic mass is 35.5. The highest BCUT2D eigenvalue weighted by molar-refractivity contribution is 6.31. The van der Waals surface area contributed by atoms with Crippen LogP contribution in [0.25, 0.3) is 0 Å². The molecular weight excluding hydrogens is 348 g/mol. The van der Waals surface area contributed by atoms with E-state index in [1.165, 1.54) is 17.2 Å². The molecule has 0 saturated carbocycles. The molecule has 2 heterocycles. The third-order valence-corrected chi connectivity index (χ3v) is 3.51. The molecule has 2 rings (SSSR count). The van der Waals surface area contributed by atoms with E-state index in [0.717, 1.165) is 0 Å². The number of hydrogen-bond acceptors (Lipinski definition) is 6. The predicted molar refractivity (Wildman–Crippen MR) is 90.1 cm³/mol. The fourth-order valence-corrected chi connectivity index (χ4v) is 2.32. The second-order valence-corrected chi connectivity index (χ2v) is 6.85. The van der Waals surface area contributed by atoms with E-state index in [1.807, 2.05) is 6.07 Å². The van der Waals surface area contributed by atoms with E-state index in [9.17, 15) is 9.59 Å². The van der Waals surface area contributed by atoms with Gasteiger partial charge in [0.05, 0.1) is 30.1 Å². The van der Waals surface area contributed by atoms with Gasteiger partial charge in [-0.25, -0.2) is 9.78 Å². The molecule has 0 aromatic carbocycles. The molecule has 1 aromatic rings. The smallest absolute Gasteiger partial charge is 0.410 e. The molecule has 1 saturated heterocycles. The molecule has 25 heavy (non-hydrogen) atoms. The first-order chi connectivity index (χ1) is 11.7. The SMILES string of the molecule is CC(C)(C)OC(=O)N1CCO[C@@H](C(=O)Nc2cnc(C#N)c(Cl)c2)C1. The summed E-state index contributed by atoms with van der Waals surface area (Å²) in [5, 5.41) is 11.6. The number of anilines is 1. The average molecular weight is 367 g/mol. The van der Waals surface area contributed by atoms with Crippen molar-refractivity contribution >= 4 is 29.3 Å². The maximum absolute atomic E-state index is 12.3. The summed E-state index contributed by atoms with van der Waals surface area (Å²) in [5.74, 6) is -0.434. The lowest BCUT2D eigenvalue weighted by molar-refractivity contribution is -0.132. The van der Waals surface area contributed by atoms with E-state index in [1.54, 1.807) is 20.8 Å². The predicted octanol–water partition coefficient (Wildman–Crippen LogP) is 2.18. The zero-order valence-electron chi connectivity index (χ0n) is 14.2. The van der Waals surface area contributed by atoms with Gasteiger partial charge in [0, 0.05) is 6.54 Å². The summed E-state index contributed by atoms with van der Waals surface area (Å²) < 4.78 is 10.7. The highest BCUT2D eigenvalue weighted by Crippen LogP contribution is 2.19. The van der Waals surface area contributed by atoms with Crippen LogP contribution in [0.5, 0.6) is 0 Å². The summed E-state index contributed by atoms with van der Waals surface area (Å²) in [6.45, 7) is 5.98. The molecule has 0 bridgehead atoms. The van der Waals surface area contributed by atoms with Crippen LogP contribution >= 0.6 is 11.6 Å². The summed E-state index contributed by atoms with van der Waals surface area (Å²) in [7, 11) is 0. The van der Waals surface area contributed by atoms with Gasteiger partial charge in [-0.2, -0.15) is 5.26 Å². The topological polar surface area (TPSA) is 105 Å². The van der Waals surface area contributed by atoms with Gasteiger partial charge in [-0.1, -0.05) is 11.6 Å². The molecule has 1 N–H and O–H groups in total. The number of nitriles is 1. The number of amides is 2. The van der Waals surface area contributed by atoms with Crippen molar-refractivity contribution in [3.8, 4) is 6.07 Å². The van der Waals surface area contributed by atoms with Crippen molar-refractivity contribution in [2.75, 3.05) is 25.0 Å². The number of hydrogen-bond donors (Lipinski definition) is 1. The number of aromatic nitrogens is 1. The Kier molecular flexibility index (Phi) is 5.82. The number of nitrogens with one attached hydrogen (secondary N) is 1. The fourth-order valence-electron chi connectivity index (χ4n) is 2.11. The number of carbonyl (C=O) groups excluding carboxylic acids is 2. The monoisotopic (exact) mass is 366 g/mol. The van der Waals surface area contributed by atoms with Crippen molar-refractivity contribution in [1.82, 2.24) is 9.88 Å². The van der Waals surface area contributed by atoms with Crippen molar-refractivity contribution in [3.63, 3.8) is 0 Å². The maximum Gasteiger partial charge on any atom is 0.410 e. The Bertz CT molecular complexity index is 711. The van der Waals surface area contributed by atoms with Crippen LogP contribution in [0.3, 0.4) is 0 Å². The minimum atomic E-state index is -0.837. The maximum atomic E-state index is 12.3. The lowest BCUT2D eigenvalue weighted by atomic mass is 10.2. The summed E-state index contributed by atoms with van der Waals surface area (Å²) in [5.41, 5.74) is -0.199. The van der Waals surface area contributed by atoms with Crippen LogP contribution in [0.1, 0.15) is 26.5 Å². The summed E-state index contributed by atoms with van der Waals surface area (Å²) >= 11 is 5.89. The Morgan fingerprint density at radius 3 is 2.84 bits per heavy atom. The summed E-state index contributed by atoms with van der Waals surface area (Å²) in [4.78, 5) is 29.7. The van der Waals surface area contributed by atoms with Crippen molar-refractivity contribution in [2.24, 2.45) is 0 Å². The van der Waals surface area contributed by atoms with Gasteiger partial charge in [-0.15, -0.1) is 0 Å². The normalized spacial score (nSPS) is 17.6. The van der Waals surface area contributed by atoms with Gasteiger partial charge in [0.2, 0.25) is 0 Å². The second kappa shape index (κ2) is 7.68. The standard InChI is InChI=1S/C16H19ClN4O4/c1-16(2,3)25-15(23)21-4-5-24-13(9-21)14(22)20-10-6-11(17)12(7-18)19-8-10/h6,8,13H,4-5,9H2,1-3H3,(H,20,22)/t13-/m1/s1. The summed E-state index contributed by atoms with van der Waals surface area (Å²) in [6.07, 6.45) is 0.00365. The molecule has 1 aliphatic rings. The zero-order valence-corrected chi connectivity index (χ0v) is 15.0. The molecule has 0 radical (unpaired) electrons. The van der Waals surface area contributed by atoms with Crippen LogP contribution in [0.2, 0.25) is 5.02 Å². The quantitative estimate of drug-likeness (QED) is 0.860. The van der Waals surface area contributed by atoms with Crippen LogP contribution in [0.4, 0.5) is 10.5 Å². The molecule has 1 atom stereocenters. The van der Waals surface area contributed by atoms with Gasteiger partial charge in [0.15, 0.2) is 11.8 Å². The Morgan fingerprint density at radius 1 is 1.52 bits per heavy atom. The van der Waals surface area contributed by atoms with E-state index in [2.05, 4.69) is 10.3 Å². The number of rotatable bonds is 2. The van der Waals surface area contributed by atoms with Crippen LogP contribution < -0.4 is 5.32 Å². The Labute approximate surface area is 150 Å². The van der Waals surface area contributed by atoms with Crippen molar-refractivity contribution in [2.45, 2.75) is 32.5 Å². The van der Waals surface area contributed by atoms with Gasteiger partial charge in [-0.3, -0.25) is 4.79 Å². The number of halogens is 1. The largest absolute Gasteiger partial charge is 0.444 e. The number of morpholine rings is 1. The molecular formula is C16H19ClN4O4. The second-order valence-electron chi connectivity index (χ2n) is 6.44. The van der Waals surface area contributed by atoms with Crippen molar-refractivity contribution in [3.05, 3.63) is 23.0 Å². The third-order valence-electron chi connectivity index (χ3n) is 3.23. The molecule has 1 fully saturated rings. The molecule has 1 aromatic heterocycles. The molecule has 0 spiro atoms. The molecule has 1 aliphatic heterocycles. The molecule has 9 heteroatoms. The lowest BCUT2D eigenvalue weighted by Gasteiger charge is -2.33. The number of pyridine rings is 1. The van der Waals surface area contributed by atoms with Gasteiger partial charge in [0.25, 0.3) is 5.91 Å². The van der Waals surface area contributed by atoms with Gasteiger partial charge < -0.3 is 19.7 Å². The van der Waals surface area contributed by atoms with E-state index < -0.39 is 23.7 Å². The number of carbonyl (C=O) groups is 2. The Hall–Kier alpha value is -2.37. The third kappa shape index (κ3) is 5.31. The van der Waals surface area contributed by atoms with E-state index in [4.69, 9.17) is 26.3 Å². The highest BCUT2D eigenvalue weighted by Gasteiger charge is 2.31. The number of ether oxygens (including phenoxy) is 2. The Balaban J connectivity index is 1.99. The zero-order chi connectivity index (χ0) is 18.6. The van der Waals surface area contributed by atoms with Crippen LogP contribution in [0.15, 0.2) is 12.3 Å². The van der Waals surface area contributed by atoms with Crippen LogP contribution in [-0.2, 0) is 14.3 Å². The van der Waals surface area contributed by atoms with E-state index in [0.29, 0.717) is 12.2 Å². The minimum Gasteiger partial charge on any atom is -0.444 e. The van der Waals surface area contributed by atoms with Gasteiger partial charge >= 0.3 is 6.09 Å². The summed E-state index contributed by atoms with van der Waals surface area (Å²) in [6, 6.07) is 3.27. The van der Waals surface area contributed by atoms with E-state index >= 15 is 0 Å². The lowest BCUT2D eigenvalue weighted by Crippen LogP contribution is -2.51. The van der Waals surface area contributed by atoms with Gasteiger partial charge in [0.1, 0.15) is 11.7 Å². The van der Waals surface area contributed by atoms with Crippen LogP contribution in [-0.4, -0.2) is 53.3 Å². The molecule has 8 nitrogen and oxygen atoms in total. The first kappa shape index (κ1) is 19.0. The van der Waals surface area contributed by atoms with Crippen molar-refractivity contribution < 1.29 is 19.1 Å². The first-order valence-electron chi connectivity index (χ1n) is 7.65. The fraction of sp³-hybridized carbons (Fsp3) is 0.500. The molecule has 0 unspecified atom stereocenters. The van der Waals surface area contributed by atoms with Crippen molar-refractivity contribution in [1.29, 1.82) is 5.26 Å². The van der Waals surface area contributed by atoms with E-state index in [-0.39, 0.29) is 23.9 Å². The Morgan fingerprint density at radius 2 is 2.24 bits per heavy atom. The van der Waals surface area contributed by atoms with Crippen LogP contribution in [0, 0.1) is 11.3 Å². The first-order valence-corrected chi connectivity index (χ1v) is 8.03. The minimum absolute atomic E-state index is 0.0738. The molecule has 2 amide bonds. The molecule has 0 aliphatic carbocycles. The van der Waals surface area contributed by atoms with Gasteiger partial charge in [-0.05, 0) is 26.8 Å².